The summed E-state index contributed by atoms with van der Waals surface area (Å²) >= 11 is 1.43. The predicted molar refractivity (Wildman–Crippen MR) is 111 cm³/mol. The summed E-state index contributed by atoms with van der Waals surface area (Å²) in [6.45, 7) is 2.81. The number of thioether (sulfide) groups is 1. The van der Waals surface area contributed by atoms with E-state index in [-0.39, 0.29) is 18.1 Å². The van der Waals surface area contributed by atoms with Crippen molar-refractivity contribution in [3.63, 3.8) is 0 Å². The van der Waals surface area contributed by atoms with Gasteiger partial charge in [0.25, 0.3) is 0 Å². The second kappa shape index (κ2) is 8.18. The van der Waals surface area contributed by atoms with Crippen molar-refractivity contribution in [3.8, 4) is 11.8 Å². The Morgan fingerprint density at radius 1 is 1.24 bits per heavy atom. The third-order valence-electron chi connectivity index (χ3n) is 5.08. The van der Waals surface area contributed by atoms with Crippen molar-refractivity contribution in [2.24, 2.45) is 0 Å². The molecule has 4 rings (SSSR count). The molecule has 2 aliphatic heterocycles. The summed E-state index contributed by atoms with van der Waals surface area (Å²) in [5.74, 6) is 0.281. The molecule has 7 heteroatoms. The van der Waals surface area contributed by atoms with Crippen LogP contribution in [0.3, 0.4) is 0 Å². The van der Waals surface area contributed by atoms with Gasteiger partial charge in [0.15, 0.2) is 0 Å². The number of carbonyl (C=O) groups excluding carboxylic acids is 1. The van der Waals surface area contributed by atoms with Crippen molar-refractivity contribution >= 4 is 23.4 Å². The number of hydrogen-bond acceptors (Lipinski definition) is 5. The number of rotatable bonds is 4. The Labute approximate surface area is 173 Å². The van der Waals surface area contributed by atoms with Gasteiger partial charge in [-0.3, -0.25) is 9.69 Å². The van der Waals surface area contributed by atoms with Crippen LogP contribution in [0.4, 0.5) is 10.1 Å². The molecule has 1 fully saturated rings. The Morgan fingerprint density at radius 3 is 2.76 bits per heavy atom. The van der Waals surface area contributed by atoms with E-state index in [1.165, 1.54) is 17.8 Å². The van der Waals surface area contributed by atoms with Gasteiger partial charge in [-0.15, -0.1) is 0 Å². The summed E-state index contributed by atoms with van der Waals surface area (Å²) < 4.78 is 20.1. The normalized spacial score (nSPS) is 19.1. The van der Waals surface area contributed by atoms with Crippen LogP contribution in [0.15, 0.2) is 59.1 Å². The molecule has 2 heterocycles. The Morgan fingerprint density at radius 2 is 2.00 bits per heavy atom. The number of halogens is 1. The fourth-order valence-corrected chi connectivity index (χ4v) is 4.89. The van der Waals surface area contributed by atoms with Gasteiger partial charge < -0.3 is 9.64 Å². The molecule has 0 saturated carbocycles. The minimum Gasteiger partial charge on any atom is -0.492 e. The number of benzene rings is 2. The van der Waals surface area contributed by atoms with Gasteiger partial charge in [0.05, 0.1) is 41.5 Å². The van der Waals surface area contributed by atoms with Crippen LogP contribution in [0.25, 0.3) is 0 Å². The van der Waals surface area contributed by atoms with Crippen molar-refractivity contribution in [2.45, 2.75) is 19.3 Å². The lowest BCUT2D eigenvalue weighted by molar-refractivity contribution is -0.129. The van der Waals surface area contributed by atoms with Crippen LogP contribution in [0.1, 0.15) is 24.8 Å². The average Bonchev–Trinajstić information content (AvgIpc) is 2.74. The molecule has 2 aromatic carbocycles. The van der Waals surface area contributed by atoms with E-state index in [1.807, 2.05) is 31.2 Å². The number of nitrogens with zero attached hydrogens (tertiary/aromatic N) is 3. The Balaban J connectivity index is 1.68. The van der Waals surface area contributed by atoms with E-state index in [2.05, 4.69) is 11.0 Å². The quantitative estimate of drug-likeness (QED) is 0.747. The molecule has 2 aliphatic rings. The first-order chi connectivity index (χ1) is 14.1. The number of para-hydroxylation sites is 2. The third kappa shape index (κ3) is 3.56. The van der Waals surface area contributed by atoms with Crippen LogP contribution in [-0.4, -0.2) is 30.0 Å². The van der Waals surface area contributed by atoms with Crippen molar-refractivity contribution < 1.29 is 13.9 Å². The summed E-state index contributed by atoms with van der Waals surface area (Å²) in [4.78, 5) is 16.6. The Kier molecular flexibility index (Phi) is 5.45. The van der Waals surface area contributed by atoms with E-state index < -0.39 is 5.92 Å². The molecule has 148 valence electrons. The molecule has 5 nitrogen and oxygen atoms in total. The Hall–Kier alpha value is -2.98. The number of nitriles is 1. The van der Waals surface area contributed by atoms with Gasteiger partial charge in [0.1, 0.15) is 11.6 Å². The first kappa shape index (κ1) is 19.3. The van der Waals surface area contributed by atoms with Gasteiger partial charge in [-0.25, -0.2) is 4.39 Å². The number of ether oxygens (including phenoxy) is 1. The molecular formula is C22H20FN3O2S. The number of anilines is 1. The summed E-state index contributed by atoms with van der Waals surface area (Å²) in [5.41, 5.74) is 1.76. The lowest BCUT2D eigenvalue weighted by atomic mass is 9.86. The highest BCUT2D eigenvalue weighted by molar-refractivity contribution is 8.03. The lowest BCUT2D eigenvalue weighted by Gasteiger charge is -2.42. The van der Waals surface area contributed by atoms with Crippen molar-refractivity contribution in [1.82, 2.24) is 4.90 Å². The van der Waals surface area contributed by atoms with E-state index in [9.17, 15) is 14.4 Å². The van der Waals surface area contributed by atoms with Crippen molar-refractivity contribution in [1.29, 1.82) is 5.26 Å². The highest BCUT2D eigenvalue weighted by Gasteiger charge is 2.39. The first-order valence-corrected chi connectivity index (χ1v) is 10.4. The van der Waals surface area contributed by atoms with Crippen LogP contribution < -0.4 is 9.64 Å². The van der Waals surface area contributed by atoms with Crippen LogP contribution in [0.5, 0.6) is 5.75 Å². The van der Waals surface area contributed by atoms with Crippen molar-refractivity contribution in [3.05, 3.63) is 70.5 Å². The summed E-state index contributed by atoms with van der Waals surface area (Å²) in [7, 11) is 0. The SMILES string of the molecule is CCOc1ccccc1N1CSC2=C(C#N)[C@H](c3ccccc3F)CC(=O)N2C1. The fourth-order valence-electron chi connectivity index (χ4n) is 3.73. The average molecular weight is 409 g/mol. The molecule has 0 unspecified atom stereocenters. The van der Waals surface area contributed by atoms with E-state index in [1.54, 1.807) is 23.1 Å². The number of allylic oxidation sites excluding steroid dienone is 1. The second-order valence-corrected chi connectivity index (χ2v) is 7.72. The monoisotopic (exact) mass is 409 g/mol. The van der Waals surface area contributed by atoms with Gasteiger partial charge in [-0.2, -0.15) is 5.26 Å². The topological polar surface area (TPSA) is 56.6 Å². The zero-order valence-corrected chi connectivity index (χ0v) is 16.8. The minimum absolute atomic E-state index is 0.0782. The lowest BCUT2D eigenvalue weighted by Crippen LogP contribution is -2.47. The smallest absolute Gasteiger partial charge is 0.229 e. The van der Waals surface area contributed by atoms with Crippen LogP contribution in [-0.2, 0) is 4.79 Å². The number of fused-ring (bicyclic) bond motifs is 1. The number of amides is 1. The van der Waals surface area contributed by atoms with E-state index in [0.717, 1.165) is 11.4 Å². The standard InChI is InChI=1S/C22H20FN3O2S/c1-2-28-20-10-6-5-9-19(20)25-13-26-21(27)11-16(15-7-3-4-8-18(15)23)17(12-24)22(26)29-14-25/h3-10,16H,2,11,13-14H2,1H3/t16-/m0/s1. The van der Waals surface area contributed by atoms with E-state index >= 15 is 0 Å². The summed E-state index contributed by atoms with van der Waals surface area (Å²) in [5, 5.41) is 10.4. The maximum absolute atomic E-state index is 14.3. The second-order valence-electron chi connectivity index (χ2n) is 6.79. The molecule has 1 amide bonds. The van der Waals surface area contributed by atoms with Gasteiger partial charge in [0.2, 0.25) is 5.91 Å². The van der Waals surface area contributed by atoms with Crippen LogP contribution in [0.2, 0.25) is 0 Å². The fraction of sp³-hybridized carbons (Fsp3) is 0.273. The van der Waals surface area contributed by atoms with Gasteiger partial charge >= 0.3 is 0 Å². The molecule has 0 bridgehead atoms. The van der Waals surface area contributed by atoms with Gasteiger partial charge in [-0.05, 0) is 30.7 Å². The molecule has 29 heavy (non-hydrogen) atoms. The van der Waals surface area contributed by atoms with Gasteiger partial charge in [0, 0.05) is 12.3 Å². The predicted octanol–water partition coefficient (Wildman–Crippen LogP) is 4.44. The maximum Gasteiger partial charge on any atom is 0.229 e. The zero-order valence-electron chi connectivity index (χ0n) is 16.0. The van der Waals surface area contributed by atoms with E-state index in [4.69, 9.17) is 4.74 Å². The third-order valence-corrected chi connectivity index (χ3v) is 6.23. The zero-order chi connectivity index (χ0) is 20.4. The first-order valence-electron chi connectivity index (χ1n) is 9.42. The molecule has 0 N–H and O–H groups in total. The highest BCUT2D eigenvalue weighted by atomic mass is 32.2. The molecule has 0 spiro atoms. The molecule has 0 radical (unpaired) electrons. The summed E-state index contributed by atoms with van der Waals surface area (Å²) in [6, 6.07) is 16.3. The van der Waals surface area contributed by atoms with Crippen LogP contribution >= 0.6 is 11.8 Å². The number of hydrogen-bond donors (Lipinski definition) is 0. The minimum atomic E-state index is -0.547. The molecule has 0 aromatic heterocycles. The molecule has 2 aromatic rings. The molecule has 1 saturated heterocycles. The molecular weight excluding hydrogens is 389 g/mol. The van der Waals surface area contributed by atoms with Gasteiger partial charge in [-0.1, -0.05) is 42.1 Å². The molecule has 1 atom stereocenters. The number of carbonyl (C=O) groups is 1. The Bertz CT molecular complexity index is 1020. The largest absolute Gasteiger partial charge is 0.492 e. The molecule has 0 aliphatic carbocycles. The van der Waals surface area contributed by atoms with Crippen LogP contribution in [0, 0.1) is 17.1 Å². The highest BCUT2D eigenvalue weighted by Crippen LogP contribution is 2.44. The summed E-state index contributed by atoms with van der Waals surface area (Å²) in [6.07, 6.45) is 0.0782. The van der Waals surface area contributed by atoms with E-state index in [0.29, 0.717) is 35.3 Å². The maximum atomic E-state index is 14.3. The van der Waals surface area contributed by atoms with Crippen molar-refractivity contribution in [2.75, 3.05) is 24.1 Å².